The molecule has 0 rings (SSSR count). The van der Waals surface area contributed by atoms with Gasteiger partial charge in [-0.15, -0.1) is 0 Å². The summed E-state index contributed by atoms with van der Waals surface area (Å²) in [6, 6.07) is 0. The fourth-order valence-corrected chi connectivity index (χ4v) is 4.26. The lowest BCUT2D eigenvalue weighted by Crippen LogP contribution is -2.11. The molecule has 124 valence electrons. The fraction of sp³-hybridized carbons (Fsp3) is 0.867. The molecule has 0 aromatic rings. The van der Waals surface area contributed by atoms with E-state index in [2.05, 4.69) is 29.9 Å². The van der Waals surface area contributed by atoms with Gasteiger partial charge in [0.05, 0.1) is 36.4 Å². The van der Waals surface area contributed by atoms with Gasteiger partial charge in [-0.25, -0.2) is 0 Å². The molecule has 0 fully saturated rings. The molecule has 3 nitrogen and oxygen atoms in total. The molecule has 0 aliphatic heterocycles. The first-order chi connectivity index (χ1) is 10.2. The summed E-state index contributed by atoms with van der Waals surface area (Å²) in [6.45, 7) is 4.71. The Morgan fingerprint density at radius 3 is 1.95 bits per heavy atom. The van der Waals surface area contributed by atoms with Gasteiger partial charge < -0.3 is 14.3 Å². The highest BCUT2D eigenvalue weighted by atomic mass is 32.2. The van der Waals surface area contributed by atoms with Gasteiger partial charge >= 0.3 is 0 Å². The molecule has 21 heavy (non-hydrogen) atoms. The number of hydrogen-bond acceptors (Lipinski definition) is 5. The SMILES string of the molecule is CC[CH+]SC(CCCCCCCCOP([O-])[O-])S[CH+]CC. The van der Waals surface area contributed by atoms with Crippen LogP contribution in [-0.4, -0.2) is 11.2 Å². The second-order valence-corrected chi connectivity index (χ2v) is 8.17. The lowest BCUT2D eigenvalue weighted by atomic mass is 10.1. The van der Waals surface area contributed by atoms with Gasteiger partial charge in [-0.3, -0.25) is 0 Å². The van der Waals surface area contributed by atoms with Crippen molar-refractivity contribution in [3.05, 3.63) is 11.5 Å². The zero-order chi connectivity index (χ0) is 15.8. The summed E-state index contributed by atoms with van der Waals surface area (Å²) < 4.78 is 5.19. The minimum absolute atomic E-state index is 0.341. The zero-order valence-corrected chi connectivity index (χ0v) is 15.8. The monoisotopic (exact) mass is 352 g/mol. The Bertz CT molecular complexity index is 201. The quantitative estimate of drug-likeness (QED) is 0.176. The topological polar surface area (TPSA) is 55.3 Å². The number of unbranched alkanes of at least 4 members (excludes halogenated alkanes) is 5. The predicted octanol–water partition coefficient (Wildman–Crippen LogP) is 4.62. The molecular weight excluding hydrogens is 323 g/mol. The lowest BCUT2D eigenvalue weighted by molar-refractivity contribution is -0.318. The molecule has 0 amide bonds. The Morgan fingerprint density at radius 2 is 1.43 bits per heavy atom. The summed E-state index contributed by atoms with van der Waals surface area (Å²) >= 11 is 3.94. The van der Waals surface area contributed by atoms with E-state index in [4.69, 9.17) is 0 Å². The van der Waals surface area contributed by atoms with Gasteiger partial charge in [-0.2, -0.15) is 8.60 Å². The smallest absolute Gasteiger partial charge is 0.143 e. The molecule has 0 aromatic heterocycles. The number of thioether (sulfide) groups is 2. The van der Waals surface area contributed by atoms with E-state index in [1.165, 1.54) is 32.1 Å². The maximum absolute atomic E-state index is 10.2. The first kappa shape index (κ1) is 21.8. The Balaban J connectivity index is 3.39. The van der Waals surface area contributed by atoms with E-state index in [0.29, 0.717) is 11.2 Å². The molecule has 0 bridgehead atoms. The first-order valence-corrected chi connectivity index (χ1v) is 10.9. The molecule has 0 radical (unpaired) electrons. The van der Waals surface area contributed by atoms with Crippen molar-refractivity contribution in [2.45, 2.75) is 76.2 Å². The minimum Gasteiger partial charge on any atom is -0.820 e. The third-order valence-corrected chi connectivity index (χ3v) is 6.05. The van der Waals surface area contributed by atoms with Gasteiger partial charge in [0, 0.05) is 6.61 Å². The second-order valence-electron chi connectivity index (χ2n) is 4.82. The molecule has 0 saturated heterocycles. The van der Waals surface area contributed by atoms with Crippen LogP contribution in [0.1, 0.15) is 71.6 Å². The molecule has 0 saturated carbocycles. The first-order valence-electron chi connectivity index (χ1n) is 7.92. The van der Waals surface area contributed by atoms with Crippen molar-refractivity contribution in [2.75, 3.05) is 6.61 Å². The van der Waals surface area contributed by atoms with Crippen molar-refractivity contribution in [2.24, 2.45) is 0 Å². The van der Waals surface area contributed by atoms with Crippen LogP contribution in [0.25, 0.3) is 0 Å². The van der Waals surface area contributed by atoms with E-state index >= 15 is 0 Å². The number of hydrogen-bond donors (Lipinski definition) is 0. The molecule has 0 N–H and O–H groups in total. The minimum atomic E-state index is -2.66. The van der Waals surface area contributed by atoms with Gasteiger partial charge in [-0.05, 0) is 26.7 Å². The largest absolute Gasteiger partial charge is 0.820 e. The van der Waals surface area contributed by atoms with E-state index in [1.54, 1.807) is 0 Å². The van der Waals surface area contributed by atoms with Crippen molar-refractivity contribution in [3.63, 3.8) is 0 Å². The highest BCUT2D eigenvalue weighted by Crippen LogP contribution is 2.33. The third-order valence-electron chi connectivity index (χ3n) is 2.86. The van der Waals surface area contributed by atoms with Crippen LogP contribution < -0.4 is 9.79 Å². The van der Waals surface area contributed by atoms with Gasteiger partial charge in [0.2, 0.25) is 0 Å². The third kappa shape index (κ3) is 16.9. The van der Waals surface area contributed by atoms with Gasteiger partial charge in [0.1, 0.15) is 16.1 Å². The van der Waals surface area contributed by atoms with Crippen LogP contribution in [-0.2, 0) is 4.52 Å². The maximum Gasteiger partial charge on any atom is 0.143 e. The van der Waals surface area contributed by atoms with Gasteiger partial charge in [0.15, 0.2) is 0 Å². The summed E-state index contributed by atoms with van der Waals surface area (Å²) in [5, 5.41) is 0. The molecule has 0 atom stereocenters. The average Bonchev–Trinajstić information content (AvgIpc) is 2.47. The van der Waals surface area contributed by atoms with Gasteiger partial charge in [-0.1, -0.05) is 32.1 Å². The molecule has 6 heteroatoms. The van der Waals surface area contributed by atoms with Crippen LogP contribution in [0.3, 0.4) is 0 Å². The van der Waals surface area contributed by atoms with E-state index in [0.717, 1.165) is 25.7 Å². The molecule has 0 unspecified atom stereocenters. The van der Waals surface area contributed by atoms with Crippen LogP contribution in [0.4, 0.5) is 0 Å². The highest BCUT2D eigenvalue weighted by Gasteiger charge is 2.19. The van der Waals surface area contributed by atoms with E-state index in [-0.39, 0.29) is 0 Å². The molecule has 0 aliphatic carbocycles. The van der Waals surface area contributed by atoms with E-state index < -0.39 is 8.60 Å². The Hall–Kier alpha value is 0.750. The summed E-state index contributed by atoms with van der Waals surface area (Å²) in [4.78, 5) is 20.4. The van der Waals surface area contributed by atoms with E-state index in [9.17, 15) is 9.79 Å². The standard InChI is InChI=1S/C15H29O3PS2/c1-3-13-20-15(21-14-4-2)11-9-7-5-6-8-10-12-18-19(16)17/h13-15H,3-12H2,1-2H3. The van der Waals surface area contributed by atoms with Crippen molar-refractivity contribution in [1.82, 2.24) is 0 Å². The van der Waals surface area contributed by atoms with E-state index in [1.807, 2.05) is 23.5 Å². The molecular formula is C15H29O3PS2. The van der Waals surface area contributed by atoms with Crippen molar-refractivity contribution >= 4 is 32.1 Å². The van der Waals surface area contributed by atoms with Crippen LogP contribution >= 0.6 is 32.1 Å². The molecule has 0 aromatic carbocycles. The Kier molecular flexibility index (Phi) is 17.7. The molecule has 0 aliphatic rings. The fourth-order valence-electron chi connectivity index (χ4n) is 1.83. The van der Waals surface area contributed by atoms with Crippen molar-refractivity contribution in [1.29, 1.82) is 0 Å². The maximum atomic E-state index is 10.2. The Labute approximate surface area is 141 Å². The van der Waals surface area contributed by atoms with Crippen LogP contribution in [0.5, 0.6) is 0 Å². The summed E-state index contributed by atoms with van der Waals surface area (Å²) in [7, 11) is -2.66. The predicted molar refractivity (Wildman–Crippen MR) is 93.3 cm³/mol. The summed E-state index contributed by atoms with van der Waals surface area (Å²) in [6.07, 6.45) is 10.4. The van der Waals surface area contributed by atoms with Crippen LogP contribution in [0.15, 0.2) is 0 Å². The van der Waals surface area contributed by atoms with Crippen molar-refractivity contribution in [3.8, 4) is 0 Å². The Morgan fingerprint density at radius 1 is 0.905 bits per heavy atom. The summed E-state index contributed by atoms with van der Waals surface area (Å²) in [5.41, 5.74) is 0. The molecule has 0 spiro atoms. The van der Waals surface area contributed by atoms with Gasteiger partial charge in [0.25, 0.3) is 0 Å². The lowest BCUT2D eigenvalue weighted by Gasteiger charge is -2.28. The van der Waals surface area contributed by atoms with Crippen molar-refractivity contribution < 1.29 is 14.3 Å². The number of rotatable bonds is 16. The highest BCUT2D eigenvalue weighted by molar-refractivity contribution is 8.18. The van der Waals surface area contributed by atoms with Crippen LogP contribution in [0, 0.1) is 11.5 Å². The average molecular weight is 353 g/mol. The molecule has 0 heterocycles. The second kappa shape index (κ2) is 17.1. The van der Waals surface area contributed by atoms with Crippen LogP contribution in [0.2, 0.25) is 0 Å². The normalized spacial score (nSPS) is 11.3. The zero-order valence-electron chi connectivity index (χ0n) is 13.3. The summed E-state index contributed by atoms with van der Waals surface area (Å²) in [5.74, 6) is 4.62.